The third kappa shape index (κ3) is 3.75. The summed E-state index contributed by atoms with van der Waals surface area (Å²) in [6, 6.07) is 6.95. The van der Waals surface area contributed by atoms with E-state index in [1.54, 1.807) is 0 Å². The van der Waals surface area contributed by atoms with Crippen LogP contribution in [-0.4, -0.2) is 5.54 Å². The van der Waals surface area contributed by atoms with E-state index in [-0.39, 0.29) is 11.0 Å². The maximum atomic E-state index is 4.20. The maximum Gasteiger partial charge on any atom is 0.0989 e. The minimum absolute atomic E-state index is 0.110. The number of para-hydroxylation sites is 1. The molecule has 1 saturated carbocycles. The number of hydrogen-bond acceptors (Lipinski definition) is 1. The van der Waals surface area contributed by atoms with E-state index in [0.29, 0.717) is 11.8 Å². The summed E-state index contributed by atoms with van der Waals surface area (Å²) in [4.78, 5) is 2.60. The highest BCUT2D eigenvalue weighted by Gasteiger charge is 2.56. The zero-order valence-electron chi connectivity index (χ0n) is 19.9. The molecule has 1 spiro atoms. The molecule has 156 valence electrons. The molecule has 1 heteroatoms. The van der Waals surface area contributed by atoms with Gasteiger partial charge in [-0.1, -0.05) is 73.1 Å². The average molecular weight is 382 g/mol. The number of nitrogens with zero attached hydrogens (tertiary/aromatic N) is 1. The molecule has 1 aromatic carbocycles. The third-order valence-corrected chi connectivity index (χ3v) is 7.45. The fourth-order valence-corrected chi connectivity index (χ4v) is 6.31. The van der Waals surface area contributed by atoms with Crippen LogP contribution in [0.15, 0.2) is 18.2 Å². The van der Waals surface area contributed by atoms with Crippen LogP contribution in [0.1, 0.15) is 111 Å². The van der Waals surface area contributed by atoms with E-state index in [4.69, 9.17) is 0 Å². The molecule has 0 N–H and O–H groups in total. The Balaban J connectivity index is 2.11. The van der Waals surface area contributed by atoms with Crippen molar-refractivity contribution in [2.75, 3.05) is 4.90 Å². The largest absolute Gasteiger partial charge is 0.355 e. The van der Waals surface area contributed by atoms with Crippen LogP contribution in [0.5, 0.6) is 0 Å². The molecule has 1 unspecified atom stereocenters. The van der Waals surface area contributed by atoms with Gasteiger partial charge < -0.3 is 4.90 Å². The standard InChI is InChI=1S/C27H43N/c1-18(2)22-11-10-12-23(19(3)4)25(22)28-17-27(16-26(28,8)9)15-21(7)13-14-24(27)20(5)6/h10-12,18-21,24H,13-16H2,1-9H3/t21-,24-,27?/m1/s1. The Kier molecular flexibility index (Phi) is 5.97. The second kappa shape index (κ2) is 7.69. The molecule has 0 amide bonds. The first-order chi connectivity index (χ1) is 13.0. The van der Waals surface area contributed by atoms with Gasteiger partial charge >= 0.3 is 0 Å². The summed E-state index contributed by atoms with van der Waals surface area (Å²) in [5.41, 5.74) is 4.75. The molecule has 1 aromatic rings. The molecular formula is C27H43N. The zero-order chi connectivity index (χ0) is 20.9. The van der Waals surface area contributed by atoms with Crippen molar-refractivity contribution in [3.8, 4) is 0 Å². The molecule has 3 atom stereocenters. The minimum atomic E-state index is 0.110. The van der Waals surface area contributed by atoms with Crippen molar-refractivity contribution in [1.29, 1.82) is 0 Å². The summed E-state index contributed by atoms with van der Waals surface area (Å²) < 4.78 is 0. The molecule has 1 saturated heterocycles. The Labute approximate surface area is 175 Å². The van der Waals surface area contributed by atoms with Gasteiger partial charge in [0.1, 0.15) is 0 Å². The lowest BCUT2D eigenvalue weighted by molar-refractivity contribution is 0.0611. The number of benzene rings is 1. The van der Waals surface area contributed by atoms with Crippen LogP contribution >= 0.6 is 0 Å². The van der Waals surface area contributed by atoms with Gasteiger partial charge in [0.25, 0.3) is 0 Å². The van der Waals surface area contributed by atoms with Crippen LogP contribution in [0.25, 0.3) is 0 Å². The van der Waals surface area contributed by atoms with Crippen LogP contribution in [0.4, 0.5) is 5.69 Å². The predicted octanol–water partition coefficient (Wildman–Crippen LogP) is 8.04. The van der Waals surface area contributed by atoms with Crippen molar-refractivity contribution in [2.24, 2.45) is 23.2 Å². The number of hydrogen-bond donors (Lipinski definition) is 0. The molecule has 28 heavy (non-hydrogen) atoms. The molecule has 1 aliphatic carbocycles. The van der Waals surface area contributed by atoms with Crippen molar-refractivity contribution < 1.29 is 0 Å². The first-order valence-electron chi connectivity index (χ1n) is 11.7. The Bertz CT molecular complexity index is 657. The summed E-state index contributed by atoms with van der Waals surface area (Å²) in [7, 11) is 0. The van der Waals surface area contributed by atoms with Gasteiger partial charge in [-0.15, -0.1) is 0 Å². The van der Waals surface area contributed by atoms with Crippen LogP contribution in [0, 0.1) is 29.7 Å². The van der Waals surface area contributed by atoms with E-state index in [0.717, 1.165) is 17.8 Å². The third-order valence-electron chi connectivity index (χ3n) is 7.45. The lowest BCUT2D eigenvalue weighted by atomic mass is 9.58. The summed E-state index contributed by atoms with van der Waals surface area (Å²) in [6.45, 7) is 25.8. The van der Waals surface area contributed by atoms with Gasteiger partial charge in [0.15, 0.2) is 0 Å². The van der Waals surface area contributed by atoms with Gasteiger partial charge in [0.05, 0.1) is 6.54 Å². The van der Waals surface area contributed by atoms with E-state index in [9.17, 15) is 0 Å². The Morgan fingerprint density at radius 2 is 1.54 bits per heavy atom. The second-order valence-corrected chi connectivity index (χ2v) is 11.4. The van der Waals surface area contributed by atoms with Crippen LogP contribution in [-0.2, 0) is 0 Å². The highest BCUT2D eigenvalue weighted by molar-refractivity contribution is 5.66. The fourth-order valence-electron chi connectivity index (χ4n) is 6.31. The van der Waals surface area contributed by atoms with Gasteiger partial charge in [0.2, 0.25) is 0 Å². The van der Waals surface area contributed by atoms with Gasteiger partial charge in [-0.3, -0.25) is 0 Å². The molecule has 3 rings (SSSR count). The average Bonchev–Trinajstić information content (AvgIpc) is 2.83. The first kappa shape index (κ1) is 21.7. The molecule has 0 bridgehead atoms. The first-order valence-corrected chi connectivity index (χ1v) is 11.7. The molecule has 2 radical (unpaired) electrons. The molecular weight excluding hydrogens is 338 g/mol. The smallest absolute Gasteiger partial charge is 0.0989 e. The molecule has 0 aromatic heterocycles. The van der Waals surface area contributed by atoms with Crippen molar-refractivity contribution in [2.45, 2.75) is 105 Å². The van der Waals surface area contributed by atoms with E-state index in [1.807, 2.05) is 0 Å². The zero-order valence-corrected chi connectivity index (χ0v) is 19.9. The molecule has 2 aliphatic rings. The SMILES string of the molecule is CC(C)c1cccc(C(C)C)c1N1[C]C2(C[C@H](C)CC[C@@H]2C(C)C)CC1(C)C. The van der Waals surface area contributed by atoms with Crippen molar-refractivity contribution >= 4 is 5.69 Å². The summed E-state index contributed by atoms with van der Waals surface area (Å²) >= 11 is 0. The van der Waals surface area contributed by atoms with E-state index in [1.165, 1.54) is 42.5 Å². The van der Waals surface area contributed by atoms with Crippen LogP contribution in [0.2, 0.25) is 0 Å². The second-order valence-electron chi connectivity index (χ2n) is 11.4. The summed E-state index contributed by atoms with van der Waals surface area (Å²) in [6.07, 6.45) is 5.28. The molecule has 1 nitrogen and oxygen atoms in total. The number of anilines is 1. The number of rotatable bonds is 4. The minimum Gasteiger partial charge on any atom is -0.355 e. The normalized spacial score (nSPS) is 30.2. The van der Waals surface area contributed by atoms with Crippen LogP contribution in [0.3, 0.4) is 0 Å². The van der Waals surface area contributed by atoms with Gasteiger partial charge in [-0.2, -0.15) is 0 Å². The fraction of sp³-hybridized carbons (Fsp3) is 0.741. The maximum absolute atomic E-state index is 4.20. The molecule has 1 aliphatic heterocycles. The molecule has 2 fully saturated rings. The van der Waals surface area contributed by atoms with E-state index < -0.39 is 0 Å². The quantitative estimate of drug-likeness (QED) is 0.510. The molecule has 1 heterocycles. The topological polar surface area (TPSA) is 3.24 Å². The highest BCUT2D eigenvalue weighted by atomic mass is 15.2. The van der Waals surface area contributed by atoms with E-state index in [2.05, 4.69) is 92.0 Å². The van der Waals surface area contributed by atoms with Gasteiger partial charge in [-0.25, -0.2) is 0 Å². The lowest BCUT2D eigenvalue weighted by Gasteiger charge is -2.45. The lowest BCUT2D eigenvalue weighted by Crippen LogP contribution is -2.39. The van der Waals surface area contributed by atoms with Gasteiger partial charge in [0, 0.05) is 16.6 Å². The summed E-state index contributed by atoms with van der Waals surface area (Å²) in [5.74, 6) is 3.33. The van der Waals surface area contributed by atoms with Crippen LogP contribution < -0.4 is 4.90 Å². The van der Waals surface area contributed by atoms with Gasteiger partial charge in [-0.05, 0) is 73.8 Å². The monoisotopic (exact) mass is 381 g/mol. The van der Waals surface area contributed by atoms with Crippen molar-refractivity contribution in [1.82, 2.24) is 0 Å². The Morgan fingerprint density at radius 1 is 0.964 bits per heavy atom. The summed E-state index contributed by atoms with van der Waals surface area (Å²) in [5, 5.41) is 0. The predicted molar refractivity (Wildman–Crippen MR) is 123 cm³/mol. The Morgan fingerprint density at radius 3 is 2.04 bits per heavy atom. The highest BCUT2D eigenvalue weighted by Crippen LogP contribution is 2.60. The Hall–Kier alpha value is -0.980. The van der Waals surface area contributed by atoms with E-state index >= 15 is 0 Å². The van der Waals surface area contributed by atoms with Crippen molar-refractivity contribution in [3.63, 3.8) is 0 Å². The van der Waals surface area contributed by atoms with Crippen molar-refractivity contribution in [3.05, 3.63) is 35.9 Å².